The lowest BCUT2D eigenvalue weighted by Crippen LogP contribution is -2.21. The van der Waals surface area contributed by atoms with E-state index >= 15 is 0 Å². The fourth-order valence-electron chi connectivity index (χ4n) is 1.55. The van der Waals surface area contributed by atoms with Gasteiger partial charge in [0, 0.05) is 17.1 Å². The monoisotopic (exact) mass is 308 g/mol. The van der Waals surface area contributed by atoms with Gasteiger partial charge in [-0.2, -0.15) is 0 Å². The zero-order valence-corrected chi connectivity index (χ0v) is 11.0. The van der Waals surface area contributed by atoms with E-state index in [1.807, 2.05) is 0 Å². The summed E-state index contributed by atoms with van der Waals surface area (Å²) in [6.45, 7) is 0. The molecule has 2 rings (SSSR count). The second-order valence-corrected chi connectivity index (χ2v) is 4.57. The van der Waals surface area contributed by atoms with Crippen LogP contribution in [0.3, 0.4) is 0 Å². The molecule has 1 aromatic heterocycles. The van der Waals surface area contributed by atoms with Crippen LogP contribution in [0.1, 0.15) is 10.5 Å². The van der Waals surface area contributed by atoms with Crippen LogP contribution in [0, 0.1) is 0 Å². The van der Waals surface area contributed by atoms with E-state index in [0.29, 0.717) is 17.7 Å². The highest BCUT2D eigenvalue weighted by Crippen LogP contribution is 2.20. The van der Waals surface area contributed by atoms with Crippen molar-refractivity contribution < 1.29 is 9.90 Å². The Balaban J connectivity index is 2.72. The van der Waals surface area contributed by atoms with Crippen molar-refractivity contribution in [2.75, 3.05) is 0 Å². The summed E-state index contributed by atoms with van der Waals surface area (Å²) in [6, 6.07) is 7.12. The van der Waals surface area contributed by atoms with E-state index in [2.05, 4.69) is 20.9 Å². The van der Waals surface area contributed by atoms with Crippen molar-refractivity contribution in [1.29, 1.82) is 0 Å². The summed E-state index contributed by atoms with van der Waals surface area (Å²) in [6.07, 6.45) is 0.360. The highest BCUT2D eigenvalue weighted by molar-refractivity contribution is 9.10. The van der Waals surface area contributed by atoms with Gasteiger partial charge in [0.25, 0.3) is 5.56 Å². The highest BCUT2D eigenvalue weighted by atomic mass is 79.9. The Kier molecular flexibility index (Phi) is 3.29. The van der Waals surface area contributed by atoms with Gasteiger partial charge >= 0.3 is 0 Å². The third-order valence-corrected chi connectivity index (χ3v) is 3.04. The maximum absolute atomic E-state index is 11.7. The molecule has 0 radical (unpaired) electrons. The van der Waals surface area contributed by atoms with Crippen LogP contribution >= 0.6 is 15.9 Å². The maximum Gasteiger partial charge on any atom is 0.296 e. The number of aldehydes is 1. The number of nitrogens with zero attached hydrogens (tertiary/aromatic N) is 2. The molecule has 0 bridgehead atoms. The average molecular weight is 309 g/mol. The van der Waals surface area contributed by atoms with E-state index in [1.165, 1.54) is 11.6 Å². The largest absolute Gasteiger partial charge is 0.501 e. The highest BCUT2D eigenvalue weighted by Gasteiger charge is 2.14. The van der Waals surface area contributed by atoms with Crippen molar-refractivity contribution in [2.24, 2.45) is 7.05 Å². The molecule has 0 amide bonds. The number of aromatic nitrogens is 2. The summed E-state index contributed by atoms with van der Waals surface area (Å²) in [4.78, 5) is 26.4. The molecule has 1 N–H and O–H groups in total. The summed E-state index contributed by atoms with van der Waals surface area (Å²) in [7, 11) is 1.49. The second kappa shape index (κ2) is 4.73. The molecule has 0 aliphatic rings. The van der Waals surface area contributed by atoms with Gasteiger partial charge in [0.15, 0.2) is 12.0 Å². The number of carbonyl (C=O) groups excluding carboxylic acids is 1. The van der Waals surface area contributed by atoms with E-state index in [4.69, 9.17) is 0 Å². The third kappa shape index (κ3) is 2.06. The Bertz CT molecular complexity index is 662. The van der Waals surface area contributed by atoms with Crippen LogP contribution < -0.4 is 5.56 Å². The van der Waals surface area contributed by atoms with E-state index in [1.54, 1.807) is 24.3 Å². The lowest BCUT2D eigenvalue weighted by Gasteiger charge is -2.09. The first-order valence-corrected chi connectivity index (χ1v) is 5.85. The molecule has 1 aromatic carbocycles. The lowest BCUT2D eigenvalue weighted by atomic mass is 10.2. The maximum atomic E-state index is 11.7. The molecule has 0 aliphatic heterocycles. The summed E-state index contributed by atoms with van der Waals surface area (Å²) in [5.74, 6) is -0.305. The van der Waals surface area contributed by atoms with Gasteiger partial charge in [-0.3, -0.25) is 14.2 Å². The fraction of sp³-hybridized carbons (Fsp3) is 0.0833. The van der Waals surface area contributed by atoms with Crippen molar-refractivity contribution >= 4 is 22.2 Å². The molecule has 92 valence electrons. The van der Waals surface area contributed by atoms with Crippen molar-refractivity contribution in [1.82, 2.24) is 9.55 Å². The first kappa shape index (κ1) is 12.5. The minimum absolute atomic E-state index is 0.254. The van der Waals surface area contributed by atoms with Crippen LogP contribution in [0.25, 0.3) is 11.4 Å². The third-order valence-electron chi connectivity index (χ3n) is 2.51. The Morgan fingerprint density at radius 1 is 1.33 bits per heavy atom. The molecule has 0 fully saturated rings. The van der Waals surface area contributed by atoms with Gasteiger partial charge in [-0.1, -0.05) is 28.1 Å². The van der Waals surface area contributed by atoms with Gasteiger partial charge in [0.05, 0.1) is 0 Å². The molecule has 2 aromatic rings. The molecule has 1 heterocycles. The van der Waals surface area contributed by atoms with Crippen LogP contribution in [0.4, 0.5) is 0 Å². The first-order chi connectivity index (χ1) is 8.54. The van der Waals surface area contributed by atoms with Gasteiger partial charge in [0.2, 0.25) is 5.75 Å². The zero-order valence-electron chi connectivity index (χ0n) is 9.42. The molecular weight excluding hydrogens is 300 g/mol. The summed E-state index contributed by atoms with van der Waals surface area (Å²) in [5, 5.41) is 9.46. The smallest absolute Gasteiger partial charge is 0.296 e. The SMILES string of the molecule is Cn1c(-c2ccc(Br)cc2)nc(C=O)c(O)c1=O. The van der Waals surface area contributed by atoms with Crippen LogP contribution in [-0.2, 0) is 7.05 Å². The summed E-state index contributed by atoms with van der Waals surface area (Å²) in [5.41, 5.74) is -0.220. The predicted octanol–water partition coefficient (Wildman–Crippen LogP) is 1.73. The molecule has 0 atom stereocenters. The Morgan fingerprint density at radius 3 is 2.50 bits per heavy atom. The van der Waals surface area contributed by atoms with Gasteiger partial charge in [-0.25, -0.2) is 4.98 Å². The molecule has 0 saturated heterocycles. The molecular formula is C12H9BrN2O3. The number of carbonyl (C=O) groups is 1. The Hall–Kier alpha value is -1.95. The summed E-state index contributed by atoms with van der Waals surface area (Å²) < 4.78 is 2.09. The normalized spacial score (nSPS) is 10.3. The van der Waals surface area contributed by atoms with Crippen molar-refractivity contribution in [2.45, 2.75) is 0 Å². The van der Waals surface area contributed by atoms with Crippen LogP contribution in [-0.4, -0.2) is 20.9 Å². The van der Waals surface area contributed by atoms with Crippen LogP contribution in [0.15, 0.2) is 33.5 Å². The fourth-order valence-corrected chi connectivity index (χ4v) is 1.81. The van der Waals surface area contributed by atoms with Crippen molar-refractivity contribution in [3.05, 3.63) is 44.8 Å². The molecule has 18 heavy (non-hydrogen) atoms. The van der Waals surface area contributed by atoms with E-state index < -0.39 is 11.3 Å². The van der Waals surface area contributed by atoms with Gasteiger partial charge < -0.3 is 5.11 Å². The molecule has 0 aliphatic carbocycles. The van der Waals surface area contributed by atoms with Crippen LogP contribution in [0.2, 0.25) is 0 Å². The summed E-state index contributed by atoms with van der Waals surface area (Å²) >= 11 is 3.31. The quantitative estimate of drug-likeness (QED) is 0.858. The molecule has 0 saturated carbocycles. The number of hydrogen-bond acceptors (Lipinski definition) is 4. The molecule has 0 unspecified atom stereocenters. The molecule has 5 nitrogen and oxygen atoms in total. The van der Waals surface area contributed by atoms with E-state index in [0.717, 1.165) is 4.47 Å². The molecule has 6 heteroatoms. The van der Waals surface area contributed by atoms with Gasteiger partial charge in [0.1, 0.15) is 5.82 Å². The molecule has 0 spiro atoms. The van der Waals surface area contributed by atoms with E-state index in [-0.39, 0.29) is 5.69 Å². The number of benzene rings is 1. The average Bonchev–Trinajstić information content (AvgIpc) is 2.38. The lowest BCUT2D eigenvalue weighted by molar-refractivity contribution is 0.111. The number of aromatic hydroxyl groups is 1. The van der Waals surface area contributed by atoms with Crippen molar-refractivity contribution in [3.63, 3.8) is 0 Å². The number of halogens is 1. The zero-order chi connectivity index (χ0) is 13.3. The first-order valence-electron chi connectivity index (χ1n) is 5.05. The minimum atomic E-state index is -0.648. The van der Waals surface area contributed by atoms with Gasteiger partial charge in [-0.15, -0.1) is 0 Å². The van der Waals surface area contributed by atoms with Crippen molar-refractivity contribution in [3.8, 4) is 17.1 Å². The van der Waals surface area contributed by atoms with Crippen LogP contribution in [0.5, 0.6) is 5.75 Å². The van der Waals surface area contributed by atoms with Gasteiger partial charge in [-0.05, 0) is 12.1 Å². The number of rotatable bonds is 2. The predicted molar refractivity (Wildman–Crippen MR) is 69.7 cm³/mol. The minimum Gasteiger partial charge on any atom is -0.501 e. The number of hydrogen-bond donors (Lipinski definition) is 1. The standard InChI is InChI=1S/C12H9BrN2O3/c1-15-11(7-2-4-8(13)5-3-7)14-9(6-16)10(17)12(15)18/h2-6,17H,1H3. The Labute approximate surface area is 111 Å². The topological polar surface area (TPSA) is 72.2 Å². The van der Waals surface area contributed by atoms with E-state index in [9.17, 15) is 14.7 Å². The second-order valence-electron chi connectivity index (χ2n) is 3.66. The Morgan fingerprint density at radius 2 is 1.94 bits per heavy atom.